The molecule has 4 N–H and O–H groups in total. The fraction of sp³-hybridized carbons (Fsp3) is 0.600. The van der Waals surface area contributed by atoms with Gasteiger partial charge in [-0.25, -0.2) is 9.97 Å². The molecule has 0 spiro atoms. The molecule has 1 rings (SSSR count). The van der Waals surface area contributed by atoms with Crippen LogP contribution < -0.4 is 11.1 Å². The number of nitrogens with one attached hydrogen (secondary N) is 1. The van der Waals surface area contributed by atoms with E-state index in [4.69, 9.17) is 10.8 Å². The van der Waals surface area contributed by atoms with Crippen LogP contribution in [0.15, 0.2) is 11.2 Å². The molecule has 1 heterocycles. The second kappa shape index (κ2) is 6.55. The lowest BCUT2D eigenvalue weighted by Gasteiger charge is -2.16. The molecule has 5 nitrogen and oxygen atoms in total. The Morgan fingerprint density at radius 2 is 2.31 bits per heavy atom. The number of nitrogens with zero attached hydrogens (tertiary/aromatic N) is 2. The van der Waals surface area contributed by atoms with Crippen molar-refractivity contribution in [3.63, 3.8) is 0 Å². The van der Waals surface area contributed by atoms with Gasteiger partial charge < -0.3 is 16.2 Å². The number of anilines is 2. The lowest BCUT2D eigenvalue weighted by atomic mass is 10.1. The largest absolute Gasteiger partial charge is 0.396 e. The highest BCUT2D eigenvalue weighted by molar-refractivity contribution is 7.98. The highest BCUT2D eigenvalue weighted by atomic mass is 32.2. The van der Waals surface area contributed by atoms with Gasteiger partial charge in [0, 0.05) is 18.7 Å². The second-order valence-electron chi connectivity index (χ2n) is 3.43. The molecular formula is C10H18N4OS. The third kappa shape index (κ3) is 3.86. The van der Waals surface area contributed by atoms with E-state index in [1.165, 1.54) is 11.8 Å². The van der Waals surface area contributed by atoms with Crippen LogP contribution >= 0.6 is 11.8 Å². The minimum atomic E-state index is 0.168. The summed E-state index contributed by atoms with van der Waals surface area (Å²) in [5.74, 6) is 1.18. The molecule has 0 radical (unpaired) electrons. The van der Waals surface area contributed by atoms with Gasteiger partial charge in [0.2, 0.25) is 0 Å². The molecule has 0 aliphatic rings. The summed E-state index contributed by atoms with van der Waals surface area (Å²) in [6, 6.07) is 1.92. The van der Waals surface area contributed by atoms with Crippen molar-refractivity contribution in [3.8, 4) is 0 Å². The van der Waals surface area contributed by atoms with Crippen LogP contribution in [0.4, 0.5) is 11.6 Å². The normalized spacial score (nSPS) is 12.4. The van der Waals surface area contributed by atoms with Crippen LogP contribution in [-0.4, -0.2) is 34.0 Å². The van der Waals surface area contributed by atoms with Gasteiger partial charge in [-0.15, -0.1) is 0 Å². The monoisotopic (exact) mass is 242 g/mol. The molecule has 0 bridgehead atoms. The predicted molar refractivity (Wildman–Crippen MR) is 67.6 cm³/mol. The van der Waals surface area contributed by atoms with Gasteiger partial charge >= 0.3 is 0 Å². The fourth-order valence-corrected chi connectivity index (χ4v) is 1.74. The zero-order chi connectivity index (χ0) is 12.0. The highest BCUT2D eigenvalue weighted by Crippen LogP contribution is 2.16. The Morgan fingerprint density at radius 3 is 2.88 bits per heavy atom. The van der Waals surface area contributed by atoms with Crippen LogP contribution in [0, 0.1) is 0 Å². The molecule has 1 aromatic rings. The van der Waals surface area contributed by atoms with Gasteiger partial charge in [-0.3, -0.25) is 0 Å². The maximum atomic E-state index is 8.90. The number of nitrogen functional groups attached to an aromatic ring is 1. The van der Waals surface area contributed by atoms with Gasteiger partial charge in [-0.2, -0.15) is 0 Å². The molecule has 0 saturated carbocycles. The Hall–Kier alpha value is -1.01. The maximum absolute atomic E-state index is 8.90. The summed E-state index contributed by atoms with van der Waals surface area (Å²) in [7, 11) is 0. The van der Waals surface area contributed by atoms with E-state index in [-0.39, 0.29) is 12.6 Å². The Bertz CT molecular complexity index is 335. The first-order valence-corrected chi connectivity index (χ1v) is 6.48. The van der Waals surface area contributed by atoms with Crippen LogP contribution in [0.3, 0.4) is 0 Å². The van der Waals surface area contributed by atoms with Crippen LogP contribution in [0.25, 0.3) is 0 Å². The number of aromatic nitrogens is 2. The van der Waals surface area contributed by atoms with Crippen molar-refractivity contribution in [3.05, 3.63) is 6.07 Å². The molecule has 16 heavy (non-hydrogen) atoms. The standard InChI is InChI=1S/C10H18N4OS/c1-3-7(4-5-15)12-9-6-8(11)13-10(14-9)16-2/h6-7,15H,3-5H2,1-2H3,(H3,11,12,13,14). The first-order valence-electron chi connectivity index (χ1n) is 5.25. The topological polar surface area (TPSA) is 84.1 Å². The summed E-state index contributed by atoms with van der Waals surface area (Å²) < 4.78 is 0. The molecule has 1 atom stereocenters. The Kier molecular flexibility index (Phi) is 5.34. The van der Waals surface area contributed by atoms with Crippen molar-refractivity contribution in [2.24, 2.45) is 0 Å². The van der Waals surface area contributed by atoms with Gasteiger partial charge in [0.25, 0.3) is 0 Å². The van der Waals surface area contributed by atoms with E-state index in [1.54, 1.807) is 6.07 Å². The molecule has 0 fully saturated rings. The van der Waals surface area contributed by atoms with Crippen LogP contribution in [-0.2, 0) is 0 Å². The third-order valence-corrected chi connectivity index (χ3v) is 2.78. The zero-order valence-electron chi connectivity index (χ0n) is 9.60. The SMILES string of the molecule is CCC(CCO)Nc1cc(N)nc(SC)n1. The van der Waals surface area contributed by atoms with Crippen molar-refractivity contribution in [1.29, 1.82) is 0 Å². The summed E-state index contributed by atoms with van der Waals surface area (Å²) in [5, 5.41) is 12.8. The molecule has 0 aliphatic heterocycles. The first kappa shape index (κ1) is 13.1. The average Bonchev–Trinajstić information content (AvgIpc) is 2.27. The van der Waals surface area contributed by atoms with Gasteiger partial charge in [0.05, 0.1) is 0 Å². The maximum Gasteiger partial charge on any atom is 0.191 e. The minimum absolute atomic E-state index is 0.168. The summed E-state index contributed by atoms with van der Waals surface area (Å²) in [6.07, 6.45) is 3.54. The molecule has 1 unspecified atom stereocenters. The quantitative estimate of drug-likeness (QED) is 0.516. The van der Waals surface area contributed by atoms with E-state index in [2.05, 4.69) is 22.2 Å². The minimum Gasteiger partial charge on any atom is -0.396 e. The first-order chi connectivity index (χ1) is 7.69. The Morgan fingerprint density at radius 1 is 1.56 bits per heavy atom. The van der Waals surface area contributed by atoms with Crippen LogP contribution in [0.1, 0.15) is 19.8 Å². The van der Waals surface area contributed by atoms with E-state index in [1.807, 2.05) is 6.26 Å². The van der Waals surface area contributed by atoms with E-state index in [9.17, 15) is 0 Å². The van der Waals surface area contributed by atoms with Gasteiger partial charge in [0.1, 0.15) is 11.6 Å². The van der Waals surface area contributed by atoms with Crippen molar-refractivity contribution in [2.45, 2.75) is 31.0 Å². The second-order valence-corrected chi connectivity index (χ2v) is 4.20. The molecule has 6 heteroatoms. The molecule has 90 valence electrons. The summed E-state index contributed by atoms with van der Waals surface area (Å²) in [4.78, 5) is 8.37. The van der Waals surface area contributed by atoms with E-state index in [0.717, 1.165) is 12.2 Å². The summed E-state index contributed by atoms with van der Waals surface area (Å²) >= 11 is 1.45. The number of hydrogen-bond acceptors (Lipinski definition) is 6. The van der Waals surface area contributed by atoms with Crippen molar-refractivity contribution >= 4 is 23.4 Å². The number of nitrogens with two attached hydrogens (primary N) is 1. The van der Waals surface area contributed by atoms with Crippen molar-refractivity contribution < 1.29 is 5.11 Å². The van der Waals surface area contributed by atoms with Crippen molar-refractivity contribution in [2.75, 3.05) is 23.9 Å². The predicted octanol–water partition coefficient (Wildman–Crippen LogP) is 1.35. The average molecular weight is 242 g/mol. The highest BCUT2D eigenvalue weighted by Gasteiger charge is 2.08. The molecule has 1 aromatic heterocycles. The molecule has 0 saturated heterocycles. The summed E-state index contributed by atoms with van der Waals surface area (Å²) in [6.45, 7) is 2.23. The molecular weight excluding hydrogens is 224 g/mol. The lowest BCUT2D eigenvalue weighted by molar-refractivity contribution is 0.278. The van der Waals surface area contributed by atoms with Crippen molar-refractivity contribution in [1.82, 2.24) is 9.97 Å². The number of aliphatic hydroxyl groups is 1. The van der Waals surface area contributed by atoms with E-state index < -0.39 is 0 Å². The Balaban J connectivity index is 2.74. The number of thioether (sulfide) groups is 1. The molecule has 0 aromatic carbocycles. The zero-order valence-corrected chi connectivity index (χ0v) is 10.4. The summed E-state index contributed by atoms with van der Waals surface area (Å²) in [5.41, 5.74) is 5.67. The van der Waals surface area contributed by atoms with Gasteiger partial charge in [-0.1, -0.05) is 18.7 Å². The number of hydrogen-bond donors (Lipinski definition) is 3. The van der Waals surface area contributed by atoms with Crippen LogP contribution in [0.5, 0.6) is 0 Å². The fourth-order valence-electron chi connectivity index (χ4n) is 1.35. The smallest absolute Gasteiger partial charge is 0.191 e. The van der Waals surface area contributed by atoms with E-state index in [0.29, 0.717) is 17.4 Å². The Labute approximate surface area is 99.9 Å². The third-order valence-electron chi connectivity index (χ3n) is 2.23. The molecule has 0 aliphatic carbocycles. The van der Waals surface area contributed by atoms with Gasteiger partial charge in [0.15, 0.2) is 5.16 Å². The van der Waals surface area contributed by atoms with E-state index >= 15 is 0 Å². The lowest BCUT2D eigenvalue weighted by Crippen LogP contribution is -2.20. The number of aliphatic hydroxyl groups excluding tert-OH is 1. The number of rotatable bonds is 6. The molecule has 0 amide bonds. The van der Waals surface area contributed by atoms with Gasteiger partial charge in [-0.05, 0) is 19.1 Å². The van der Waals surface area contributed by atoms with Crippen LogP contribution in [0.2, 0.25) is 0 Å².